The van der Waals surface area contributed by atoms with Crippen LogP contribution in [0.2, 0.25) is 0 Å². The molecule has 0 saturated heterocycles. The molecule has 0 radical (unpaired) electrons. The molecule has 7 heteroatoms. The van der Waals surface area contributed by atoms with Crippen molar-refractivity contribution in [3.63, 3.8) is 0 Å². The maximum atomic E-state index is 12.8. The van der Waals surface area contributed by atoms with E-state index in [4.69, 9.17) is 5.73 Å². The summed E-state index contributed by atoms with van der Waals surface area (Å²) in [6.07, 6.45) is 0.656. The molecule has 1 aliphatic rings. The third-order valence-electron chi connectivity index (χ3n) is 3.71. The number of carboxylic acid groups (broad SMARTS) is 1. The molecule has 1 aromatic heterocycles. The number of carbonyl (C=O) groups is 2. The molecule has 0 spiro atoms. The van der Waals surface area contributed by atoms with Crippen LogP contribution in [0.25, 0.3) is 0 Å². The number of hydrogen-bond donors (Lipinski definition) is 2. The Morgan fingerprint density at radius 1 is 1.48 bits per heavy atom. The van der Waals surface area contributed by atoms with Crippen LogP contribution in [-0.2, 0) is 4.79 Å². The highest BCUT2D eigenvalue weighted by atomic mass is 32.2. The Bertz CT molecular complexity index is 650. The van der Waals surface area contributed by atoms with Crippen LogP contribution in [0.1, 0.15) is 36.5 Å². The van der Waals surface area contributed by atoms with E-state index in [1.807, 2.05) is 6.92 Å². The molecule has 0 amide bonds. The second-order valence-corrected chi connectivity index (χ2v) is 6.64. The number of hydrogen-bond acceptors (Lipinski definition) is 5. The van der Waals surface area contributed by atoms with Crippen molar-refractivity contribution in [2.45, 2.75) is 39.0 Å². The largest absolute Gasteiger partial charge is 0.479 e. The first-order chi connectivity index (χ1) is 9.72. The molecular weight excluding hydrogens is 290 g/mol. The maximum absolute atomic E-state index is 12.8. The van der Waals surface area contributed by atoms with Crippen LogP contribution in [0.15, 0.2) is 16.5 Å². The Balaban J connectivity index is 2.52. The van der Waals surface area contributed by atoms with E-state index >= 15 is 0 Å². The molecular formula is C14H19N3O3S. The van der Waals surface area contributed by atoms with Crippen LogP contribution in [0, 0.1) is 19.8 Å². The van der Waals surface area contributed by atoms with Gasteiger partial charge in [-0.2, -0.15) is 5.10 Å². The van der Waals surface area contributed by atoms with Gasteiger partial charge < -0.3 is 10.8 Å². The van der Waals surface area contributed by atoms with Crippen LogP contribution >= 0.6 is 11.8 Å². The van der Waals surface area contributed by atoms with E-state index in [-0.39, 0.29) is 5.91 Å². The summed E-state index contributed by atoms with van der Waals surface area (Å²) in [7, 11) is 0. The van der Waals surface area contributed by atoms with E-state index in [9.17, 15) is 14.7 Å². The van der Waals surface area contributed by atoms with Crippen molar-refractivity contribution in [3.8, 4) is 0 Å². The Hall–Kier alpha value is -1.60. The normalized spacial score (nSPS) is 25.5. The summed E-state index contributed by atoms with van der Waals surface area (Å²) in [5.41, 5.74) is 8.17. The molecule has 2 atom stereocenters. The van der Waals surface area contributed by atoms with Crippen molar-refractivity contribution in [1.29, 1.82) is 0 Å². The summed E-state index contributed by atoms with van der Waals surface area (Å²) < 4.78 is 1.26. The van der Waals surface area contributed by atoms with Gasteiger partial charge in [-0.1, -0.05) is 18.7 Å². The lowest BCUT2D eigenvalue weighted by atomic mass is 9.90. The fraction of sp³-hybridized carbons (Fsp3) is 0.500. The van der Waals surface area contributed by atoms with Gasteiger partial charge in [-0.25, -0.2) is 9.48 Å². The molecule has 3 N–H and O–H groups in total. The molecule has 2 rings (SSSR count). The zero-order valence-corrected chi connectivity index (χ0v) is 13.3. The third kappa shape index (κ3) is 2.40. The summed E-state index contributed by atoms with van der Waals surface area (Å²) in [6, 6.07) is 1.78. The lowest BCUT2D eigenvalue weighted by Gasteiger charge is -2.26. The van der Waals surface area contributed by atoms with Crippen molar-refractivity contribution in [2.24, 2.45) is 11.7 Å². The van der Waals surface area contributed by atoms with Crippen LogP contribution < -0.4 is 5.73 Å². The van der Waals surface area contributed by atoms with Gasteiger partial charge in [0.15, 0.2) is 4.87 Å². The molecule has 21 heavy (non-hydrogen) atoms. The SMILES string of the molecule is CCC1=C(C)C(C(=O)n2nc(C)cc2C)C(N)(C(=O)O)S1. The second kappa shape index (κ2) is 5.31. The molecule has 114 valence electrons. The molecule has 0 bridgehead atoms. The predicted molar refractivity (Wildman–Crippen MR) is 81.0 cm³/mol. The summed E-state index contributed by atoms with van der Waals surface area (Å²) in [4.78, 5) is 23.6. The lowest BCUT2D eigenvalue weighted by molar-refractivity contribution is -0.140. The molecule has 0 aromatic carbocycles. The van der Waals surface area contributed by atoms with Gasteiger partial charge in [0.2, 0.25) is 0 Å². The van der Waals surface area contributed by atoms with Gasteiger partial charge in [-0.05, 0) is 43.7 Å². The maximum Gasteiger partial charge on any atom is 0.335 e. The first-order valence-electron chi connectivity index (χ1n) is 6.70. The topological polar surface area (TPSA) is 98.2 Å². The molecule has 1 aromatic rings. The lowest BCUT2D eigenvalue weighted by Crippen LogP contribution is -2.53. The third-order valence-corrected chi connectivity index (χ3v) is 5.32. The van der Waals surface area contributed by atoms with Crippen molar-refractivity contribution in [1.82, 2.24) is 9.78 Å². The number of nitrogens with two attached hydrogens (primary N) is 1. The minimum absolute atomic E-state index is 0.390. The number of carbonyl (C=O) groups excluding carboxylic acids is 1. The molecule has 0 saturated carbocycles. The number of carboxylic acids is 1. The monoisotopic (exact) mass is 309 g/mol. The Morgan fingerprint density at radius 3 is 2.52 bits per heavy atom. The molecule has 6 nitrogen and oxygen atoms in total. The smallest absolute Gasteiger partial charge is 0.335 e. The van der Waals surface area contributed by atoms with E-state index in [1.165, 1.54) is 4.68 Å². The van der Waals surface area contributed by atoms with E-state index in [0.717, 1.165) is 22.2 Å². The first kappa shape index (κ1) is 15.8. The standard InChI is InChI=1S/C14H19N3O3S/c1-5-10-9(4)11(14(15,21-10)13(19)20)12(18)17-8(3)6-7(2)16-17/h6,11H,5,15H2,1-4H3,(H,19,20). The summed E-state index contributed by atoms with van der Waals surface area (Å²) in [5.74, 6) is -2.48. The van der Waals surface area contributed by atoms with E-state index in [1.54, 1.807) is 26.8 Å². The van der Waals surface area contributed by atoms with Crippen LogP contribution in [-0.4, -0.2) is 31.6 Å². The number of aryl methyl sites for hydroxylation is 2. The van der Waals surface area contributed by atoms with E-state index < -0.39 is 16.8 Å². The molecule has 2 heterocycles. The number of rotatable bonds is 3. The van der Waals surface area contributed by atoms with Gasteiger partial charge in [0.05, 0.1) is 5.69 Å². The summed E-state index contributed by atoms with van der Waals surface area (Å²) >= 11 is 1.07. The number of thioether (sulfide) groups is 1. The Labute approximate surface area is 127 Å². The van der Waals surface area contributed by atoms with Gasteiger partial charge in [0, 0.05) is 5.69 Å². The minimum Gasteiger partial charge on any atom is -0.479 e. The van der Waals surface area contributed by atoms with Gasteiger partial charge in [-0.15, -0.1) is 0 Å². The van der Waals surface area contributed by atoms with Crippen molar-refractivity contribution >= 4 is 23.6 Å². The first-order valence-corrected chi connectivity index (χ1v) is 7.52. The second-order valence-electron chi connectivity index (χ2n) is 5.27. The number of aliphatic carboxylic acids is 1. The molecule has 0 fully saturated rings. The minimum atomic E-state index is -1.67. The average Bonchev–Trinajstić information content (AvgIpc) is 2.87. The van der Waals surface area contributed by atoms with E-state index in [2.05, 4.69) is 5.10 Å². The zero-order valence-electron chi connectivity index (χ0n) is 12.5. The highest BCUT2D eigenvalue weighted by Crippen LogP contribution is 2.49. The van der Waals surface area contributed by atoms with E-state index in [0.29, 0.717) is 17.8 Å². The average molecular weight is 309 g/mol. The van der Waals surface area contributed by atoms with Crippen LogP contribution in [0.5, 0.6) is 0 Å². The van der Waals surface area contributed by atoms with Crippen molar-refractivity contribution in [2.75, 3.05) is 0 Å². The van der Waals surface area contributed by atoms with Gasteiger partial charge in [0.1, 0.15) is 5.92 Å². The highest BCUT2D eigenvalue weighted by Gasteiger charge is 2.54. The highest BCUT2D eigenvalue weighted by molar-refractivity contribution is 8.05. The number of nitrogens with zero attached hydrogens (tertiary/aromatic N) is 2. The number of allylic oxidation sites excluding steroid dienone is 1. The summed E-state index contributed by atoms with van der Waals surface area (Å²) in [5, 5.41) is 13.6. The fourth-order valence-corrected chi connectivity index (χ4v) is 4.00. The fourth-order valence-electron chi connectivity index (χ4n) is 2.69. The summed E-state index contributed by atoms with van der Waals surface area (Å²) in [6.45, 7) is 7.24. The van der Waals surface area contributed by atoms with Gasteiger partial charge >= 0.3 is 5.97 Å². The van der Waals surface area contributed by atoms with Crippen LogP contribution in [0.3, 0.4) is 0 Å². The Morgan fingerprint density at radius 2 is 2.10 bits per heavy atom. The van der Waals surface area contributed by atoms with Crippen LogP contribution in [0.4, 0.5) is 0 Å². The molecule has 2 unspecified atom stereocenters. The van der Waals surface area contributed by atoms with Gasteiger partial charge in [-0.3, -0.25) is 4.79 Å². The van der Waals surface area contributed by atoms with Crippen molar-refractivity contribution in [3.05, 3.63) is 27.9 Å². The van der Waals surface area contributed by atoms with Gasteiger partial charge in [0.25, 0.3) is 5.91 Å². The quantitative estimate of drug-likeness (QED) is 0.885. The zero-order chi connectivity index (χ0) is 15.9. The number of aromatic nitrogens is 2. The molecule has 0 aliphatic carbocycles. The Kier molecular flexibility index (Phi) is 3.99. The predicted octanol–water partition coefficient (Wildman–Crippen LogP) is 1.93. The van der Waals surface area contributed by atoms with Crippen molar-refractivity contribution < 1.29 is 14.7 Å². The molecule has 1 aliphatic heterocycles.